The van der Waals surface area contributed by atoms with Crippen LogP contribution in [-0.4, -0.2) is 18.2 Å². The third kappa shape index (κ3) is 2.72. The van der Waals surface area contributed by atoms with Crippen LogP contribution in [0.25, 0.3) is 10.9 Å². The van der Waals surface area contributed by atoms with Gasteiger partial charge in [0.2, 0.25) is 0 Å². The number of benzene rings is 1. The molecule has 1 N–H and O–H groups in total. The van der Waals surface area contributed by atoms with E-state index in [0.717, 1.165) is 24.0 Å². The molecule has 3 heteroatoms. The smallest absolute Gasteiger partial charge is 0.0493 e. The van der Waals surface area contributed by atoms with Gasteiger partial charge >= 0.3 is 0 Å². The highest BCUT2D eigenvalue weighted by atomic mass is 79.9. The Hall–Kier alpha value is -0.800. The Labute approximate surface area is 111 Å². The van der Waals surface area contributed by atoms with Crippen molar-refractivity contribution in [3.05, 3.63) is 34.4 Å². The number of rotatable bonds is 5. The molecule has 0 atom stereocenters. The first-order chi connectivity index (χ1) is 8.26. The zero-order valence-electron chi connectivity index (χ0n) is 10.5. The number of nitrogens with one attached hydrogen (secondary N) is 1. The molecule has 0 bridgehead atoms. The van der Waals surface area contributed by atoms with E-state index in [0.29, 0.717) is 0 Å². The summed E-state index contributed by atoms with van der Waals surface area (Å²) in [5.41, 5.74) is 2.78. The lowest BCUT2D eigenvalue weighted by atomic mass is 10.2. The summed E-state index contributed by atoms with van der Waals surface area (Å²) in [6.45, 7) is 4.33. The van der Waals surface area contributed by atoms with E-state index in [4.69, 9.17) is 0 Å². The molecule has 1 heterocycles. The largest absolute Gasteiger partial charge is 0.345 e. The number of halogens is 1. The van der Waals surface area contributed by atoms with Crippen LogP contribution in [0.3, 0.4) is 0 Å². The summed E-state index contributed by atoms with van der Waals surface area (Å²) in [6, 6.07) is 8.83. The molecular weight excluding hydrogens is 276 g/mol. The Morgan fingerprint density at radius 2 is 2.12 bits per heavy atom. The van der Waals surface area contributed by atoms with Gasteiger partial charge in [-0.05, 0) is 56.9 Å². The van der Waals surface area contributed by atoms with Gasteiger partial charge in [0.1, 0.15) is 0 Å². The van der Waals surface area contributed by atoms with Crippen LogP contribution in [-0.2, 0) is 13.0 Å². The summed E-state index contributed by atoms with van der Waals surface area (Å²) in [4.78, 5) is 0. The van der Waals surface area contributed by atoms with Crippen molar-refractivity contribution in [1.82, 2.24) is 9.88 Å². The first-order valence-corrected chi connectivity index (χ1v) is 6.98. The number of hydrogen-bond donors (Lipinski definition) is 1. The molecular formula is C14H19BrN2. The second kappa shape index (κ2) is 5.69. The summed E-state index contributed by atoms with van der Waals surface area (Å²) < 4.78 is 3.56. The molecule has 2 nitrogen and oxygen atoms in total. The molecule has 0 fully saturated rings. The minimum absolute atomic E-state index is 1.04. The molecule has 0 aliphatic carbocycles. The standard InChI is InChI=1S/C14H19BrN2/c1-3-17-13(5-4-8-16-2)9-11-6-7-12(15)10-14(11)17/h6-7,9-10,16H,3-5,8H2,1-2H3. The maximum absolute atomic E-state index is 3.55. The number of aromatic nitrogens is 1. The van der Waals surface area contributed by atoms with Crippen molar-refractivity contribution >= 4 is 26.8 Å². The van der Waals surface area contributed by atoms with Crippen molar-refractivity contribution in [3.8, 4) is 0 Å². The molecule has 17 heavy (non-hydrogen) atoms. The van der Waals surface area contributed by atoms with Crippen molar-refractivity contribution in [2.24, 2.45) is 0 Å². The maximum atomic E-state index is 3.55. The van der Waals surface area contributed by atoms with E-state index in [-0.39, 0.29) is 0 Å². The van der Waals surface area contributed by atoms with Crippen molar-refractivity contribution in [1.29, 1.82) is 0 Å². The van der Waals surface area contributed by atoms with Crippen LogP contribution in [0.5, 0.6) is 0 Å². The highest BCUT2D eigenvalue weighted by molar-refractivity contribution is 9.10. The van der Waals surface area contributed by atoms with Gasteiger partial charge in [-0.15, -0.1) is 0 Å². The average Bonchev–Trinajstić information content (AvgIpc) is 2.66. The van der Waals surface area contributed by atoms with Crippen LogP contribution in [0.1, 0.15) is 19.0 Å². The summed E-state index contributed by atoms with van der Waals surface area (Å²) in [5.74, 6) is 0. The fraction of sp³-hybridized carbons (Fsp3) is 0.429. The van der Waals surface area contributed by atoms with Crippen molar-refractivity contribution in [2.45, 2.75) is 26.3 Å². The van der Waals surface area contributed by atoms with Gasteiger partial charge in [-0.2, -0.15) is 0 Å². The highest BCUT2D eigenvalue weighted by Crippen LogP contribution is 2.24. The first kappa shape index (κ1) is 12.7. The number of nitrogens with zero attached hydrogens (tertiary/aromatic N) is 1. The van der Waals surface area contributed by atoms with Gasteiger partial charge in [-0.1, -0.05) is 22.0 Å². The van der Waals surface area contributed by atoms with Gasteiger partial charge in [0, 0.05) is 22.2 Å². The normalized spacial score (nSPS) is 11.2. The van der Waals surface area contributed by atoms with Gasteiger partial charge in [-0.25, -0.2) is 0 Å². The Kier molecular flexibility index (Phi) is 4.24. The zero-order valence-corrected chi connectivity index (χ0v) is 12.0. The van der Waals surface area contributed by atoms with Crippen LogP contribution < -0.4 is 5.32 Å². The zero-order chi connectivity index (χ0) is 12.3. The fourth-order valence-corrected chi connectivity index (χ4v) is 2.66. The third-order valence-corrected chi connectivity index (χ3v) is 3.62. The van der Waals surface area contributed by atoms with Crippen LogP contribution in [0.4, 0.5) is 0 Å². The fourth-order valence-electron chi connectivity index (χ4n) is 2.31. The molecule has 0 unspecified atom stereocenters. The van der Waals surface area contributed by atoms with Gasteiger partial charge in [0.15, 0.2) is 0 Å². The lowest BCUT2D eigenvalue weighted by molar-refractivity contribution is 0.673. The van der Waals surface area contributed by atoms with Crippen LogP contribution >= 0.6 is 15.9 Å². The molecule has 1 aromatic carbocycles. The van der Waals surface area contributed by atoms with E-state index in [1.807, 2.05) is 7.05 Å². The van der Waals surface area contributed by atoms with Gasteiger partial charge in [0.05, 0.1) is 0 Å². The molecule has 0 aliphatic rings. The third-order valence-electron chi connectivity index (χ3n) is 3.13. The predicted molar refractivity (Wildman–Crippen MR) is 77.6 cm³/mol. The molecule has 0 spiro atoms. The summed E-state index contributed by atoms with van der Waals surface area (Å²) in [5, 5.41) is 4.54. The van der Waals surface area contributed by atoms with E-state index in [9.17, 15) is 0 Å². The quantitative estimate of drug-likeness (QED) is 0.834. The monoisotopic (exact) mass is 294 g/mol. The summed E-state index contributed by atoms with van der Waals surface area (Å²) in [7, 11) is 2.01. The molecule has 0 amide bonds. The maximum Gasteiger partial charge on any atom is 0.0493 e. The van der Waals surface area contributed by atoms with E-state index >= 15 is 0 Å². The van der Waals surface area contributed by atoms with Crippen molar-refractivity contribution in [3.63, 3.8) is 0 Å². The topological polar surface area (TPSA) is 17.0 Å². The van der Waals surface area contributed by atoms with E-state index in [2.05, 4.69) is 57.0 Å². The van der Waals surface area contributed by atoms with Crippen molar-refractivity contribution < 1.29 is 0 Å². The van der Waals surface area contributed by atoms with Crippen LogP contribution in [0.2, 0.25) is 0 Å². The molecule has 2 aromatic rings. The molecule has 1 aromatic heterocycles. The lowest BCUT2D eigenvalue weighted by Gasteiger charge is -2.07. The molecule has 0 saturated heterocycles. The highest BCUT2D eigenvalue weighted by Gasteiger charge is 2.07. The Morgan fingerprint density at radius 1 is 1.29 bits per heavy atom. The molecule has 0 radical (unpaired) electrons. The lowest BCUT2D eigenvalue weighted by Crippen LogP contribution is -2.10. The minimum atomic E-state index is 1.04. The number of fused-ring (bicyclic) bond motifs is 1. The van der Waals surface area contributed by atoms with E-state index in [1.165, 1.54) is 23.0 Å². The van der Waals surface area contributed by atoms with Crippen LogP contribution in [0, 0.1) is 0 Å². The summed E-state index contributed by atoms with van der Waals surface area (Å²) in [6.07, 6.45) is 2.33. The SMILES string of the molecule is CCn1c(CCCNC)cc2ccc(Br)cc21. The molecule has 0 aliphatic heterocycles. The Balaban J connectivity index is 2.35. The second-order valence-electron chi connectivity index (χ2n) is 4.29. The molecule has 92 valence electrons. The Bertz CT molecular complexity index is 502. The minimum Gasteiger partial charge on any atom is -0.345 e. The summed E-state index contributed by atoms with van der Waals surface area (Å²) >= 11 is 3.55. The van der Waals surface area contributed by atoms with Gasteiger partial charge in [-0.3, -0.25) is 0 Å². The molecule has 0 saturated carbocycles. The van der Waals surface area contributed by atoms with Crippen LogP contribution in [0.15, 0.2) is 28.7 Å². The van der Waals surface area contributed by atoms with Crippen molar-refractivity contribution in [2.75, 3.05) is 13.6 Å². The van der Waals surface area contributed by atoms with E-state index in [1.54, 1.807) is 0 Å². The molecule has 2 rings (SSSR count). The van der Waals surface area contributed by atoms with Gasteiger partial charge < -0.3 is 9.88 Å². The second-order valence-corrected chi connectivity index (χ2v) is 5.21. The Morgan fingerprint density at radius 3 is 2.82 bits per heavy atom. The predicted octanol–water partition coefficient (Wildman–Crippen LogP) is 3.58. The van der Waals surface area contributed by atoms with Gasteiger partial charge in [0.25, 0.3) is 0 Å². The number of hydrogen-bond acceptors (Lipinski definition) is 1. The number of aryl methyl sites for hydroxylation is 2. The first-order valence-electron chi connectivity index (χ1n) is 6.18. The van der Waals surface area contributed by atoms with E-state index < -0.39 is 0 Å². The average molecular weight is 295 g/mol.